The van der Waals surface area contributed by atoms with Gasteiger partial charge in [-0.15, -0.1) is 0 Å². The van der Waals surface area contributed by atoms with Crippen molar-refractivity contribution in [3.8, 4) is 0 Å². The third-order valence-electron chi connectivity index (χ3n) is 6.35. The van der Waals surface area contributed by atoms with Crippen molar-refractivity contribution in [2.24, 2.45) is 13.0 Å². The highest BCUT2D eigenvalue weighted by Crippen LogP contribution is 2.28. The maximum Gasteiger partial charge on any atom is 0.268 e. The van der Waals surface area contributed by atoms with E-state index in [2.05, 4.69) is 17.2 Å². The highest BCUT2D eigenvalue weighted by molar-refractivity contribution is 7.89. The van der Waals surface area contributed by atoms with Crippen LogP contribution in [0.15, 0.2) is 41.4 Å². The Kier molecular flexibility index (Phi) is 6.29. The van der Waals surface area contributed by atoms with Crippen LogP contribution in [0.3, 0.4) is 0 Å². The largest absolute Gasteiger partial charge is 0.347 e. The summed E-state index contributed by atoms with van der Waals surface area (Å²) < 4.78 is 29.6. The highest BCUT2D eigenvalue weighted by atomic mass is 35.5. The van der Waals surface area contributed by atoms with Crippen molar-refractivity contribution in [2.75, 3.05) is 13.1 Å². The molecule has 1 saturated heterocycles. The molecule has 1 aromatic carbocycles. The SMILES string of the molecule is Cc1c(S(=O)(=O)N2CCC(C)CC2)cc(C(=O)NCc2c(Cl)ccc3ncccc23)n1C. The summed E-state index contributed by atoms with van der Waals surface area (Å²) in [5.41, 5.74) is 2.40. The lowest BCUT2D eigenvalue weighted by Crippen LogP contribution is -2.38. The average Bonchev–Trinajstić information content (AvgIpc) is 3.08. The molecule has 2 aromatic heterocycles. The molecule has 1 amide bonds. The number of carbonyl (C=O) groups is 1. The summed E-state index contributed by atoms with van der Waals surface area (Å²) in [7, 11) is -1.95. The Labute approximate surface area is 193 Å². The van der Waals surface area contributed by atoms with Gasteiger partial charge in [0.25, 0.3) is 5.91 Å². The summed E-state index contributed by atoms with van der Waals surface area (Å²) in [4.78, 5) is 17.5. The number of sulfonamides is 1. The van der Waals surface area contributed by atoms with Crippen LogP contribution in [0.1, 0.15) is 41.5 Å². The Balaban J connectivity index is 1.58. The number of nitrogens with zero attached hydrogens (tertiary/aromatic N) is 3. The summed E-state index contributed by atoms with van der Waals surface area (Å²) >= 11 is 6.38. The van der Waals surface area contributed by atoms with Crippen LogP contribution in [0.5, 0.6) is 0 Å². The molecule has 32 heavy (non-hydrogen) atoms. The summed E-state index contributed by atoms with van der Waals surface area (Å²) in [6, 6.07) is 8.80. The second-order valence-electron chi connectivity index (χ2n) is 8.40. The summed E-state index contributed by atoms with van der Waals surface area (Å²) in [6.45, 7) is 5.08. The van der Waals surface area contributed by atoms with E-state index in [0.717, 1.165) is 29.3 Å². The highest BCUT2D eigenvalue weighted by Gasteiger charge is 2.32. The van der Waals surface area contributed by atoms with E-state index in [9.17, 15) is 13.2 Å². The van der Waals surface area contributed by atoms with Crippen LogP contribution in [0.2, 0.25) is 5.02 Å². The molecule has 0 bridgehead atoms. The van der Waals surface area contributed by atoms with Gasteiger partial charge in [0.2, 0.25) is 10.0 Å². The first kappa shape index (κ1) is 22.8. The maximum absolute atomic E-state index is 13.2. The fourth-order valence-corrected chi connectivity index (χ4v) is 6.11. The minimum atomic E-state index is -3.65. The molecule has 3 heterocycles. The molecule has 0 radical (unpaired) electrons. The number of benzene rings is 1. The zero-order chi connectivity index (χ0) is 23.0. The van der Waals surface area contributed by atoms with Crippen molar-refractivity contribution < 1.29 is 13.2 Å². The first-order chi connectivity index (χ1) is 15.2. The molecule has 1 aliphatic heterocycles. The third-order valence-corrected chi connectivity index (χ3v) is 8.72. The van der Waals surface area contributed by atoms with Gasteiger partial charge in [-0.1, -0.05) is 24.6 Å². The first-order valence-corrected chi connectivity index (χ1v) is 12.5. The van der Waals surface area contributed by atoms with Crippen molar-refractivity contribution in [2.45, 2.75) is 38.1 Å². The van der Waals surface area contributed by atoms with Crippen LogP contribution >= 0.6 is 11.6 Å². The monoisotopic (exact) mass is 474 g/mol. The van der Waals surface area contributed by atoms with Crippen molar-refractivity contribution >= 4 is 38.4 Å². The Morgan fingerprint density at radius 1 is 1.25 bits per heavy atom. The predicted octanol–water partition coefficient (Wildman–Crippen LogP) is 3.89. The summed E-state index contributed by atoms with van der Waals surface area (Å²) in [6.07, 6.45) is 3.40. The zero-order valence-electron chi connectivity index (χ0n) is 18.4. The maximum atomic E-state index is 13.2. The molecule has 1 N–H and O–H groups in total. The Hall–Kier alpha value is -2.42. The molecule has 9 heteroatoms. The van der Waals surface area contributed by atoms with Gasteiger partial charge in [0.15, 0.2) is 0 Å². The van der Waals surface area contributed by atoms with Crippen LogP contribution in [0, 0.1) is 12.8 Å². The minimum absolute atomic E-state index is 0.187. The Bertz CT molecular complexity index is 1280. The van der Waals surface area contributed by atoms with Gasteiger partial charge >= 0.3 is 0 Å². The topological polar surface area (TPSA) is 84.3 Å². The van der Waals surface area contributed by atoms with Gasteiger partial charge in [-0.25, -0.2) is 8.42 Å². The lowest BCUT2D eigenvalue weighted by atomic mass is 10.0. The molecule has 0 atom stereocenters. The van der Waals surface area contributed by atoms with E-state index >= 15 is 0 Å². The summed E-state index contributed by atoms with van der Waals surface area (Å²) in [5.74, 6) is 0.164. The molecular weight excluding hydrogens is 448 g/mol. The first-order valence-electron chi connectivity index (χ1n) is 10.7. The summed E-state index contributed by atoms with van der Waals surface area (Å²) in [5, 5.41) is 4.29. The second kappa shape index (κ2) is 8.84. The lowest BCUT2D eigenvalue weighted by Gasteiger charge is -2.29. The van der Waals surface area contributed by atoms with E-state index in [0.29, 0.717) is 35.4 Å². The van der Waals surface area contributed by atoms with E-state index in [1.807, 2.05) is 18.2 Å². The van der Waals surface area contributed by atoms with Gasteiger partial charge in [0.1, 0.15) is 10.6 Å². The molecule has 0 aliphatic carbocycles. The van der Waals surface area contributed by atoms with E-state index in [-0.39, 0.29) is 17.3 Å². The van der Waals surface area contributed by atoms with Crippen LogP contribution in [0.25, 0.3) is 10.9 Å². The number of pyridine rings is 1. The molecule has 0 spiro atoms. The second-order valence-corrected chi connectivity index (χ2v) is 10.7. The number of fused-ring (bicyclic) bond motifs is 1. The molecule has 170 valence electrons. The molecule has 1 fully saturated rings. The van der Waals surface area contributed by atoms with E-state index in [4.69, 9.17) is 11.6 Å². The van der Waals surface area contributed by atoms with Gasteiger partial charge in [-0.2, -0.15) is 4.31 Å². The van der Waals surface area contributed by atoms with Gasteiger partial charge in [0.05, 0.1) is 5.52 Å². The van der Waals surface area contributed by atoms with Gasteiger partial charge in [-0.3, -0.25) is 9.78 Å². The average molecular weight is 475 g/mol. The number of carbonyl (C=O) groups excluding carboxylic acids is 1. The smallest absolute Gasteiger partial charge is 0.268 e. The van der Waals surface area contributed by atoms with Crippen LogP contribution < -0.4 is 5.32 Å². The van der Waals surface area contributed by atoms with E-state index in [1.54, 1.807) is 30.8 Å². The van der Waals surface area contributed by atoms with Gasteiger partial charge < -0.3 is 9.88 Å². The third kappa shape index (κ3) is 4.14. The van der Waals surface area contributed by atoms with E-state index < -0.39 is 10.0 Å². The molecule has 7 nitrogen and oxygen atoms in total. The number of nitrogens with one attached hydrogen (secondary N) is 1. The Morgan fingerprint density at radius 3 is 2.69 bits per heavy atom. The molecule has 4 rings (SSSR count). The van der Waals surface area contributed by atoms with Crippen molar-refractivity contribution in [1.82, 2.24) is 19.2 Å². The normalized spacial score (nSPS) is 15.9. The number of halogens is 1. The van der Waals surface area contributed by atoms with Crippen LogP contribution in [0.4, 0.5) is 0 Å². The van der Waals surface area contributed by atoms with Crippen molar-refractivity contribution in [3.05, 3.63) is 58.5 Å². The molecular formula is C23H27ClN4O3S. The zero-order valence-corrected chi connectivity index (χ0v) is 20.0. The molecule has 0 unspecified atom stereocenters. The fraction of sp³-hybridized carbons (Fsp3) is 0.391. The lowest BCUT2D eigenvalue weighted by molar-refractivity contribution is 0.0942. The van der Waals surface area contributed by atoms with Gasteiger partial charge in [-0.05, 0) is 55.5 Å². The molecule has 3 aromatic rings. The van der Waals surface area contributed by atoms with Gasteiger partial charge in [0, 0.05) is 49.0 Å². The minimum Gasteiger partial charge on any atom is -0.347 e. The Morgan fingerprint density at radius 2 is 1.97 bits per heavy atom. The van der Waals surface area contributed by atoms with E-state index in [1.165, 1.54) is 10.4 Å². The number of piperidine rings is 1. The van der Waals surface area contributed by atoms with Crippen LogP contribution in [-0.2, 0) is 23.6 Å². The van der Waals surface area contributed by atoms with Crippen LogP contribution in [-0.4, -0.2) is 41.3 Å². The molecule has 0 saturated carbocycles. The number of hydrogen-bond donors (Lipinski definition) is 1. The number of rotatable bonds is 5. The quantitative estimate of drug-likeness (QED) is 0.608. The number of hydrogen-bond acceptors (Lipinski definition) is 4. The van der Waals surface area contributed by atoms with Crippen molar-refractivity contribution in [1.29, 1.82) is 0 Å². The predicted molar refractivity (Wildman–Crippen MR) is 125 cm³/mol. The standard InChI is InChI=1S/C23H27ClN4O3S/c1-15-8-11-28(12-9-15)32(30,31)22-13-21(27(3)16(22)2)23(29)26-14-18-17-5-4-10-25-20(17)7-6-19(18)24/h4-7,10,13,15H,8-9,11-12,14H2,1-3H3,(H,26,29). The number of amides is 1. The van der Waals surface area contributed by atoms with Crippen molar-refractivity contribution in [3.63, 3.8) is 0 Å². The molecule has 1 aliphatic rings. The fourth-order valence-electron chi connectivity index (χ4n) is 4.14. The number of aromatic nitrogens is 2.